The third kappa shape index (κ3) is 2.61. The fourth-order valence-electron chi connectivity index (χ4n) is 2.33. The molecule has 0 radical (unpaired) electrons. The fourth-order valence-corrected chi connectivity index (χ4v) is 2.33. The minimum Gasteiger partial charge on any atom is -0.481 e. The molecule has 0 aromatic heterocycles. The molecule has 2 saturated heterocycles. The third-order valence-corrected chi connectivity index (χ3v) is 3.36. The van der Waals surface area contributed by atoms with E-state index < -0.39 is 17.7 Å². The molecule has 7 heteroatoms. The molecule has 18 heavy (non-hydrogen) atoms. The van der Waals surface area contributed by atoms with Crippen molar-refractivity contribution in [1.82, 2.24) is 10.2 Å². The van der Waals surface area contributed by atoms with Crippen LogP contribution in [0.15, 0.2) is 0 Å². The molecule has 0 unspecified atom stereocenters. The van der Waals surface area contributed by atoms with Crippen molar-refractivity contribution in [2.24, 2.45) is 0 Å². The monoisotopic (exact) mass is 256 g/mol. The van der Waals surface area contributed by atoms with Crippen LogP contribution in [-0.4, -0.2) is 53.2 Å². The highest BCUT2D eigenvalue weighted by atomic mass is 16.6. The maximum Gasteiger partial charge on any atom is 0.417 e. The number of nitrogens with zero attached hydrogens (tertiary/aromatic N) is 1. The number of imide groups is 1. The topological polar surface area (TPSA) is 95.9 Å². The average molecular weight is 256 g/mol. The van der Waals surface area contributed by atoms with Gasteiger partial charge in [0.25, 0.3) is 0 Å². The first kappa shape index (κ1) is 12.8. The maximum absolute atomic E-state index is 11.9. The van der Waals surface area contributed by atoms with Crippen LogP contribution in [0.2, 0.25) is 0 Å². The SMILES string of the molecule is O=C(O)CCN1C(=O)CC2(CCNCC2)OC1=O. The summed E-state index contributed by atoms with van der Waals surface area (Å²) in [6.07, 6.45) is 0.429. The second-order valence-corrected chi connectivity index (χ2v) is 4.67. The van der Waals surface area contributed by atoms with E-state index in [-0.39, 0.29) is 25.3 Å². The normalized spacial score (nSPS) is 23.0. The molecule has 2 amide bonds. The van der Waals surface area contributed by atoms with Gasteiger partial charge < -0.3 is 15.2 Å². The summed E-state index contributed by atoms with van der Waals surface area (Å²) in [4.78, 5) is 35.0. The van der Waals surface area contributed by atoms with Gasteiger partial charge in [0.1, 0.15) is 5.60 Å². The zero-order valence-electron chi connectivity index (χ0n) is 9.98. The smallest absolute Gasteiger partial charge is 0.417 e. The van der Waals surface area contributed by atoms with Crippen molar-refractivity contribution in [3.05, 3.63) is 0 Å². The van der Waals surface area contributed by atoms with Crippen molar-refractivity contribution < 1.29 is 24.2 Å². The number of carbonyl (C=O) groups is 3. The number of carbonyl (C=O) groups excluding carboxylic acids is 2. The lowest BCUT2D eigenvalue weighted by molar-refractivity contribution is -0.147. The summed E-state index contributed by atoms with van der Waals surface area (Å²) in [6, 6.07) is 0. The van der Waals surface area contributed by atoms with Gasteiger partial charge in [-0.05, 0) is 13.1 Å². The Morgan fingerprint density at radius 1 is 1.39 bits per heavy atom. The molecule has 2 aliphatic heterocycles. The van der Waals surface area contributed by atoms with Crippen molar-refractivity contribution in [2.75, 3.05) is 19.6 Å². The first-order valence-electron chi connectivity index (χ1n) is 5.98. The largest absolute Gasteiger partial charge is 0.481 e. The molecule has 2 aliphatic rings. The number of nitrogens with one attached hydrogen (secondary N) is 1. The van der Waals surface area contributed by atoms with Crippen molar-refractivity contribution in [1.29, 1.82) is 0 Å². The van der Waals surface area contributed by atoms with E-state index in [2.05, 4.69) is 5.32 Å². The van der Waals surface area contributed by atoms with Crippen LogP contribution in [0.5, 0.6) is 0 Å². The molecule has 2 fully saturated rings. The van der Waals surface area contributed by atoms with Crippen molar-refractivity contribution in [3.8, 4) is 0 Å². The van der Waals surface area contributed by atoms with E-state index in [1.807, 2.05) is 0 Å². The molecule has 2 rings (SSSR count). The van der Waals surface area contributed by atoms with Crippen molar-refractivity contribution >= 4 is 18.0 Å². The molecular weight excluding hydrogens is 240 g/mol. The first-order chi connectivity index (χ1) is 8.52. The molecule has 0 aromatic carbocycles. The number of piperidine rings is 1. The van der Waals surface area contributed by atoms with Crippen LogP contribution in [0.25, 0.3) is 0 Å². The van der Waals surface area contributed by atoms with Gasteiger partial charge in [0.2, 0.25) is 5.91 Å². The Labute approximate surface area is 104 Å². The zero-order chi connectivity index (χ0) is 13.2. The van der Waals surface area contributed by atoms with Gasteiger partial charge in [-0.1, -0.05) is 0 Å². The predicted octanol–water partition coefficient (Wildman–Crippen LogP) is -0.0478. The van der Waals surface area contributed by atoms with Crippen LogP contribution in [0, 0.1) is 0 Å². The summed E-state index contributed by atoms with van der Waals surface area (Å²) in [6.45, 7) is 1.31. The Balaban J connectivity index is 2.01. The van der Waals surface area contributed by atoms with E-state index >= 15 is 0 Å². The van der Waals surface area contributed by atoms with Gasteiger partial charge in [-0.2, -0.15) is 0 Å². The number of rotatable bonds is 3. The number of carboxylic acids is 1. The number of carboxylic acid groups (broad SMARTS) is 1. The number of hydrogen-bond acceptors (Lipinski definition) is 5. The summed E-state index contributed by atoms with van der Waals surface area (Å²) < 4.78 is 5.36. The van der Waals surface area contributed by atoms with Gasteiger partial charge in [-0.25, -0.2) is 9.69 Å². The second-order valence-electron chi connectivity index (χ2n) is 4.67. The van der Waals surface area contributed by atoms with Gasteiger partial charge in [0.05, 0.1) is 12.8 Å². The highest BCUT2D eigenvalue weighted by Gasteiger charge is 2.45. The predicted molar refractivity (Wildman–Crippen MR) is 59.9 cm³/mol. The molecule has 0 bridgehead atoms. The lowest BCUT2D eigenvalue weighted by Crippen LogP contribution is -2.56. The van der Waals surface area contributed by atoms with Crippen LogP contribution < -0.4 is 5.32 Å². The Hall–Kier alpha value is -1.63. The molecular formula is C11H16N2O5. The summed E-state index contributed by atoms with van der Waals surface area (Å²) in [5, 5.41) is 11.7. The van der Waals surface area contributed by atoms with Gasteiger partial charge >= 0.3 is 12.1 Å². The van der Waals surface area contributed by atoms with Gasteiger partial charge in [0, 0.05) is 19.4 Å². The summed E-state index contributed by atoms with van der Waals surface area (Å²) in [5.74, 6) is -1.38. The molecule has 0 aromatic rings. The third-order valence-electron chi connectivity index (χ3n) is 3.36. The quantitative estimate of drug-likeness (QED) is 0.735. The van der Waals surface area contributed by atoms with Gasteiger partial charge in [-0.15, -0.1) is 0 Å². The Morgan fingerprint density at radius 2 is 2.06 bits per heavy atom. The number of ether oxygens (including phenoxy) is 1. The van der Waals surface area contributed by atoms with E-state index in [4.69, 9.17) is 9.84 Å². The van der Waals surface area contributed by atoms with E-state index in [1.165, 1.54) is 0 Å². The fraction of sp³-hybridized carbons (Fsp3) is 0.727. The molecule has 2 heterocycles. The number of amides is 2. The summed E-state index contributed by atoms with van der Waals surface area (Å²) >= 11 is 0. The summed E-state index contributed by atoms with van der Waals surface area (Å²) in [7, 11) is 0. The lowest BCUT2D eigenvalue weighted by Gasteiger charge is -2.42. The molecule has 0 aliphatic carbocycles. The Bertz CT molecular complexity index is 356. The van der Waals surface area contributed by atoms with Crippen LogP contribution in [0.1, 0.15) is 25.7 Å². The van der Waals surface area contributed by atoms with E-state index in [1.54, 1.807) is 0 Å². The van der Waals surface area contributed by atoms with Crippen LogP contribution in [0.4, 0.5) is 4.79 Å². The summed E-state index contributed by atoms with van der Waals surface area (Å²) in [5.41, 5.74) is -0.681. The van der Waals surface area contributed by atoms with Crippen molar-refractivity contribution in [2.45, 2.75) is 31.3 Å². The first-order valence-corrected chi connectivity index (χ1v) is 5.98. The highest BCUT2D eigenvalue weighted by molar-refractivity contribution is 5.95. The number of aliphatic carboxylic acids is 1. The van der Waals surface area contributed by atoms with E-state index in [9.17, 15) is 14.4 Å². The molecule has 100 valence electrons. The van der Waals surface area contributed by atoms with Gasteiger partial charge in [0.15, 0.2) is 0 Å². The highest BCUT2D eigenvalue weighted by Crippen LogP contribution is 2.32. The molecule has 0 saturated carbocycles. The van der Waals surface area contributed by atoms with E-state index in [0.717, 1.165) is 18.0 Å². The zero-order valence-corrected chi connectivity index (χ0v) is 9.98. The minimum absolute atomic E-state index is 0.124. The molecule has 1 spiro atoms. The van der Waals surface area contributed by atoms with Crippen LogP contribution in [0.3, 0.4) is 0 Å². The number of hydrogen-bond donors (Lipinski definition) is 2. The maximum atomic E-state index is 11.9. The van der Waals surface area contributed by atoms with E-state index in [0.29, 0.717) is 12.8 Å². The van der Waals surface area contributed by atoms with Crippen molar-refractivity contribution in [3.63, 3.8) is 0 Å². The van der Waals surface area contributed by atoms with Gasteiger partial charge in [-0.3, -0.25) is 9.59 Å². The Kier molecular flexibility index (Phi) is 3.51. The molecule has 7 nitrogen and oxygen atoms in total. The minimum atomic E-state index is -1.04. The van der Waals surface area contributed by atoms with Crippen LogP contribution in [-0.2, 0) is 14.3 Å². The standard InChI is InChI=1S/C11H16N2O5/c14-8-7-11(2-4-12-5-3-11)18-10(17)13(8)6-1-9(15)16/h12H,1-7H2,(H,15,16). The molecule has 2 N–H and O–H groups in total. The lowest BCUT2D eigenvalue weighted by atomic mass is 9.87. The second kappa shape index (κ2) is 4.93. The average Bonchev–Trinajstić information content (AvgIpc) is 2.28. The Morgan fingerprint density at radius 3 is 2.61 bits per heavy atom. The van der Waals surface area contributed by atoms with Crippen LogP contribution >= 0.6 is 0 Å². The molecule has 0 atom stereocenters.